The lowest BCUT2D eigenvalue weighted by Crippen LogP contribution is -2.43. The molecule has 0 radical (unpaired) electrons. The minimum Gasteiger partial charge on any atom is -0.498 e. The standard InChI is InChI=1S/C22H22N2O3/c1-3-26-20-13-14-24(22(25)27-16-17-7-5-4-6-8-17)21(15-20)18-9-11-19(23-2)12-10-18/h3-12,20-21H,1,13-16H2/t20-,21-/m0/s1. The first kappa shape index (κ1) is 18.5. The largest absolute Gasteiger partial charge is 0.498 e. The van der Waals surface area contributed by atoms with Crippen LogP contribution in [0.3, 0.4) is 0 Å². The molecule has 1 aliphatic heterocycles. The molecule has 1 heterocycles. The maximum Gasteiger partial charge on any atom is 0.410 e. The summed E-state index contributed by atoms with van der Waals surface area (Å²) in [5.41, 5.74) is 2.50. The molecule has 0 N–H and O–H groups in total. The molecule has 1 saturated heterocycles. The van der Waals surface area contributed by atoms with Gasteiger partial charge in [-0.15, -0.1) is 0 Å². The minimum absolute atomic E-state index is 0.00575. The summed E-state index contributed by atoms with van der Waals surface area (Å²) in [5.74, 6) is 0. The fourth-order valence-corrected chi connectivity index (χ4v) is 3.30. The van der Waals surface area contributed by atoms with Crippen LogP contribution in [0.15, 0.2) is 67.4 Å². The first-order valence-corrected chi connectivity index (χ1v) is 8.92. The third-order valence-electron chi connectivity index (χ3n) is 4.69. The molecule has 0 spiro atoms. The van der Waals surface area contributed by atoms with E-state index in [2.05, 4.69) is 11.4 Å². The Morgan fingerprint density at radius 2 is 1.96 bits per heavy atom. The highest BCUT2D eigenvalue weighted by Crippen LogP contribution is 2.34. The monoisotopic (exact) mass is 362 g/mol. The maximum atomic E-state index is 12.7. The smallest absolute Gasteiger partial charge is 0.410 e. The van der Waals surface area contributed by atoms with Crippen LogP contribution in [0.1, 0.15) is 30.0 Å². The molecule has 3 rings (SSSR count). The summed E-state index contributed by atoms with van der Waals surface area (Å²) in [7, 11) is 0. The predicted octanol–water partition coefficient (Wildman–Crippen LogP) is 5.24. The van der Waals surface area contributed by atoms with Crippen molar-refractivity contribution < 1.29 is 14.3 Å². The highest BCUT2D eigenvalue weighted by Gasteiger charge is 2.34. The average molecular weight is 362 g/mol. The number of piperidine rings is 1. The minimum atomic E-state index is -0.338. The molecule has 0 saturated carbocycles. The summed E-state index contributed by atoms with van der Waals surface area (Å²) in [6.07, 6.45) is 2.50. The third-order valence-corrected chi connectivity index (χ3v) is 4.69. The van der Waals surface area contributed by atoms with Crippen molar-refractivity contribution in [2.75, 3.05) is 6.54 Å². The van der Waals surface area contributed by atoms with Gasteiger partial charge >= 0.3 is 6.09 Å². The Morgan fingerprint density at radius 3 is 2.63 bits per heavy atom. The van der Waals surface area contributed by atoms with Crippen molar-refractivity contribution >= 4 is 11.8 Å². The number of nitrogens with zero attached hydrogens (tertiary/aromatic N) is 2. The lowest BCUT2D eigenvalue weighted by Gasteiger charge is -2.38. The summed E-state index contributed by atoms with van der Waals surface area (Å²) < 4.78 is 11.1. The Morgan fingerprint density at radius 1 is 1.22 bits per heavy atom. The molecule has 2 aromatic carbocycles. The number of carbonyl (C=O) groups is 1. The Kier molecular flexibility index (Phi) is 6.11. The van der Waals surface area contributed by atoms with E-state index in [-0.39, 0.29) is 24.8 Å². The van der Waals surface area contributed by atoms with Crippen LogP contribution in [0.2, 0.25) is 0 Å². The van der Waals surface area contributed by atoms with Crippen LogP contribution in [-0.2, 0) is 16.1 Å². The molecule has 0 aromatic heterocycles. The molecule has 138 valence electrons. The van der Waals surface area contributed by atoms with Crippen LogP contribution in [-0.4, -0.2) is 23.6 Å². The zero-order valence-corrected chi connectivity index (χ0v) is 15.1. The lowest BCUT2D eigenvalue weighted by molar-refractivity contribution is 0.0195. The Balaban J connectivity index is 1.74. The zero-order valence-electron chi connectivity index (χ0n) is 15.1. The molecule has 2 aromatic rings. The molecule has 1 aliphatic rings. The summed E-state index contributed by atoms with van der Waals surface area (Å²) in [6.45, 7) is 11.5. The second-order valence-electron chi connectivity index (χ2n) is 6.40. The van der Waals surface area contributed by atoms with Crippen molar-refractivity contribution in [2.45, 2.75) is 31.6 Å². The van der Waals surface area contributed by atoms with E-state index < -0.39 is 0 Å². The van der Waals surface area contributed by atoms with Gasteiger partial charge in [0.05, 0.1) is 18.9 Å². The normalized spacial score (nSPS) is 19.0. The Hall–Kier alpha value is -3.26. The molecule has 1 amide bonds. The molecule has 27 heavy (non-hydrogen) atoms. The maximum absolute atomic E-state index is 12.7. The van der Waals surface area contributed by atoms with Gasteiger partial charge in [0.15, 0.2) is 5.69 Å². The number of rotatable bonds is 5. The van der Waals surface area contributed by atoms with Crippen molar-refractivity contribution in [1.82, 2.24) is 4.90 Å². The molecular weight excluding hydrogens is 340 g/mol. The molecule has 0 bridgehead atoms. The number of amides is 1. The first-order chi connectivity index (χ1) is 13.2. The van der Waals surface area contributed by atoms with E-state index in [0.717, 1.165) is 17.5 Å². The number of benzene rings is 2. The molecule has 5 nitrogen and oxygen atoms in total. The van der Waals surface area contributed by atoms with Crippen molar-refractivity contribution in [2.24, 2.45) is 0 Å². The van der Waals surface area contributed by atoms with Crippen LogP contribution in [0.4, 0.5) is 10.5 Å². The third kappa shape index (κ3) is 4.68. The van der Waals surface area contributed by atoms with Gasteiger partial charge in [-0.2, -0.15) is 0 Å². The summed E-state index contributed by atoms with van der Waals surface area (Å²) in [4.78, 5) is 17.9. The topological polar surface area (TPSA) is 43.1 Å². The van der Waals surface area contributed by atoms with Crippen LogP contribution in [0.25, 0.3) is 4.85 Å². The molecule has 2 atom stereocenters. The van der Waals surface area contributed by atoms with Gasteiger partial charge < -0.3 is 14.4 Å². The number of carbonyl (C=O) groups excluding carboxylic acids is 1. The molecule has 0 aliphatic carbocycles. The van der Waals surface area contributed by atoms with E-state index in [9.17, 15) is 4.79 Å². The van der Waals surface area contributed by atoms with E-state index in [1.807, 2.05) is 42.5 Å². The van der Waals surface area contributed by atoms with Gasteiger partial charge in [0, 0.05) is 19.4 Å². The summed E-state index contributed by atoms with van der Waals surface area (Å²) in [5, 5.41) is 0. The van der Waals surface area contributed by atoms with Gasteiger partial charge in [-0.05, 0) is 11.1 Å². The Labute approximate surface area is 159 Å². The van der Waals surface area contributed by atoms with E-state index in [1.54, 1.807) is 17.0 Å². The van der Waals surface area contributed by atoms with Crippen LogP contribution in [0, 0.1) is 6.57 Å². The van der Waals surface area contributed by atoms with Gasteiger partial charge in [0.25, 0.3) is 0 Å². The first-order valence-electron chi connectivity index (χ1n) is 8.92. The fraction of sp³-hybridized carbons (Fsp3) is 0.273. The van der Waals surface area contributed by atoms with Crippen molar-refractivity contribution in [3.05, 3.63) is 90.0 Å². The molecule has 5 heteroatoms. The SMILES string of the molecule is [C-]#[N+]c1ccc([C@@H]2C[C@@H](OC=C)CCN2C(=O)OCc2ccccc2)cc1. The van der Waals surface area contributed by atoms with Gasteiger partial charge in [0.2, 0.25) is 0 Å². The summed E-state index contributed by atoms with van der Waals surface area (Å²) in [6, 6.07) is 16.8. The average Bonchev–Trinajstić information content (AvgIpc) is 2.73. The van der Waals surface area contributed by atoms with Crippen molar-refractivity contribution in [3.8, 4) is 0 Å². The van der Waals surface area contributed by atoms with E-state index in [0.29, 0.717) is 18.7 Å². The summed E-state index contributed by atoms with van der Waals surface area (Å²) >= 11 is 0. The number of hydrogen-bond acceptors (Lipinski definition) is 3. The predicted molar refractivity (Wildman–Crippen MR) is 103 cm³/mol. The number of likely N-dealkylation sites (tertiary alicyclic amines) is 1. The van der Waals surface area contributed by atoms with Gasteiger partial charge in [-0.1, -0.05) is 61.2 Å². The van der Waals surface area contributed by atoms with E-state index in [1.165, 1.54) is 6.26 Å². The fourth-order valence-electron chi connectivity index (χ4n) is 3.30. The Bertz CT molecular complexity index is 812. The van der Waals surface area contributed by atoms with Gasteiger partial charge in [-0.25, -0.2) is 9.64 Å². The number of ether oxygens (including phenoxy) is 2. The number of hydrogen-bond donors (Lipinski definition) is 0. The van der Waals surface area contributed by atoms with E-state index in [4.69, 9.17) is 16.0 Å². The van der Waals surface area contributed by atoms with Gasteiger partial charge in [-0.3, -0.25) is 0 Å². The van der Waals surface area contributed by atoms with Crippen molar-refractivity contribution in [3.63, 3.8) is 0 Å². The van der Waals surface area contributed by atoms with Crippen LogP contribution >= 0.6 is 0 Å². The van der Waals surface area contributed by atoms with Gasteiger partial charge in [0.1, 0.15) is 12.7 Å². The molecular formula is C22H22N2O3. The molecule has 1 fully saturated rings. The second-order valence-corrected chi connectivity index (χ2v) is 6.40. The highest BCUT2D eigenvalue weighted by atomic mass is 16.6. The zero-order chi connectivity index (χ0) is 19.1. The quantitative estimate of drug-likeness (QED) is 0.540. The van der Waals surface area contributed by atoms with E-state index >= 15 is 0 Å². The highest BCUT2D eigenvalue weighted by molar-refractivity contribution is 5.68. The van der Waals surface area contributed by atoms with Crippen LogP contribution in [0.5, 0.6) is 0 Å². The molecule has 0 unspecified atom stereocenters. The van der Waals surface area contributed by atoms with Crippen LogP contribution < -0.4 is 0 Å². The second kappa shape index (κ2) is 8.91. The van der Waals surface area contributed by atoms with Crippen molar-refractivity contribution in [1.29, 1.82) is 0 Å². The lowest BCUT2D eigenvalue weighted by atomic mass is 9.93.